The number of H-pyrrole nitrogens is 1. The van der Waals surface area contributed by atoms with Gasteiger partial charge in [0.15, 0.2) is 0 Å². The van der Waals surface area contributed by atoms with Crippen LogP contribution < -0.4 is 0 Å². The third-order valence-corrected chi connectivity index (χ3v) is 3.91. The minimum atomic E-state index is 0.265. The smallest absolute Gasteiger partial charge is 0.124 e. The number of nitrogens with one attached hydrogen (secondary N) is 1. The fraction of sp³-hybridized carbons (Fsp3) is 0.0556. The summed E-state index contributed by atoms with van der Waals surface area (Å²) >= 11 is 0. The van der Waals surface area contributed by atoms with Crippen LogP contribution in [0, 0.1) is 6.92 Å². The number of benzene rings is 2. The van der Waals surface area contributed by atoms with E-state index in [4.69, 9.17) is 0 Å². The lowest BCUT2D eigenvalue weighted by Gasteiger charge is -2.04. The predicted molar refractivity (Wildman–Crippen MR) is 85.4 cm³/mol. The second kappa shape index (κ2) is 4.35. The number of nitrogens with zero attached hydrogens (tertiary/aromatic N) is 1. The molecule has 0 fully saturated rings. The van der Waals surface area contributed by atoms with Gasteiger partial charge in [-0.15, -0.1) is 0 Å². The van der Waals surface area contributed by atoms with Crippen molar-refractivity contribution in [2.45, 2.75) is 6.92 Å². The van der Waals surface area contributed by atoms with Crippen molar-refractivity contribution < 1.29 is 5.11 Å². The summed E-state index contributed by atoms with van der Waals surface area (Å²) in [6.07, 6.45) is 1.99. The number of para-hydroxylation sites is 1. The predicted octanol–water partition coefficient (Wildman–Crippen LogP) is 4.40. The van der Waals surface area contributed by atoms with Gasteiger partial charge < -0.3 is 10.1 Å². The number of phenols is 1. The zero-order chi connectivity index (χ0) is 14.4. The maximum atomic E-state index is 9.85. The van der Waals surface area contributed by atoms with Gasteiger partial charge in [-0.25, -0.2) is 4.98 Å². The summed E-state index contributed by atoms with van der Waals surface area (Å²) in [4.78, 5) is 8.00. The molecule has 3 heteroatoms. The van der Waals surface area contributed by atoms with Crippen molar-refractivity contribution in [3.8, 4) is 17.0 Å². The summed E-state index contributed by atoms with van der Waals surface area (Å²) in [5, 5.41) is 11.8. The van der Waals surface area contributed by atoms with Gasteiger partial charge in [0.25, 0.3) is 0 Å². The lowest BCUT2D eigenvalue weighted by molar-refractivity contribution is 0.481. The summed E-state index contributed by atoms with van der Waals surface area (Å²) in [6, 6.07) is 15.5. The highest BCUT2D eigenvalue weighted by Crippen LogP contribution is 2.31. The Balaban J connectivity index is 1.98. The molecule has 0 amide bonds. The Kier molecular flexibility index (Phi) is 2.48. The fourth-order valence-corrected chi connectivity index (χ4v) is 2.81. The van der Waals surface area contributed by atoms with Crippen LogP contribution in [-0.4, -0.2) is 15.1 Å². The summed E-state index contributed by atoms with van der Waals surface area (Å²) in [5.74, 6) is 0.265. The SMILES string of the molecule is Cc1cccc2c(-c3ccc4c(O)cccc4n3)c[nH]c12. The number of hydrogen-bond acceptors (Lipinski definition) is 2. The molecule has 4 rings (SSSR count). The van der Waals surface area contributed by atoms with E-state index < -0.39 is 0 Å². The fourth-order valence-electron chi connectivity index (χ4n) is 2.81. The molecule has 2 heterocycles. The molecule has 0 radical (unpaired) electrons. The highest BCUT2D eigenvalue weighted by atomic mass is 16.3. The second-order valence-corrected chi connectivity index (χ2v) is 5.24. The molecule has 0 saturated heterocycles. The average molecular weight is 274 g/mol. The molecule has 0 aliphatic rings. The lowest BCUT2D eigenvalue weighted by atomic mass is 10.1. The Morgan fingerprint density at radius 2 is 1.81 bits per heavy atom. The van der Waals surface area contributed by atoms with Gasteiger partial charge in [0.1, 0.15) is 5.75 Å². The van der Waals surface area contributed by atoms with Gasteiger partial charge in [0.2, 0.25) is 0 Å². The van der Waals surface area contributed by atoms with E-state index in [1.54, 1.807) is 6.07 Å². The van der Waals surface area contributed by atoms with Gasteiger partial charge in [-0.2, -0.15) is 0 Å². The van der Waals surface area contributed by atoms with Gasteiger partial charge in [-0.05, 0) is 36.8 Å². The maximum absolute atomic E-state index is 9.85. The third-order valence-electron chi connectivity index (χ3n) is 3.91. The van der Waals surface area contributed by atoms with E-state index in [2.05, 4.69) is 35.1 Å². The van der Waals surface area contributed by atoms with Crippen LogP contribution in [0.3, 0.4) is 0 Å². The van der Waals surface area contributed by atoms with Crippen LogP contribution in [0.1, 0.15) is 5.56 Å². The minimum absolute atomic E-state index is 0.265. The lowest BCUT2D eigenvalue weighted by Crippen LogP contribution is -1.84. The summed E-state index contributed by atoms with van der Waals surface area (Å²) in [7, 11) is 0. The number of aromatic amines is 1. The molecule has 0 saturated carbocycles. The van der Waals surface area contributed by atoms with Crippen LogP contribution in [0.5, 0.6) is 5.75 Å². The Morgan fingerprint density at radius 3 is 2.71 bits per heavy atom. The molecule has 4 aromatic rings. The van der Waals surface area contributed by atoms with Crippen LogP contribution in [0.2, 0.25) is 0 Å². The zero-order valence-corrected chi connectivity index (χ0v) is 11.6. The van der Waals surface area contributed by atoms with Crippen molar-refractivity contribution in [2.75, 3.05) is 0 Å². The quantitative estimate of drug-likeness (QED) is 0.540. The molecule has 2 N–H and O–H groups in total. The molecule has 102 valence electrons. The number of fused-ring (bicyclic) bond motifs is 2. The topological polar surface area (TPSA) is 48.9 Å². The molecule has 0 aliphatic heterocycles. The molecule has 3 nitrogen and oxygen atoms in total. The second-order valence-electron chi connectivity index (χ2n) is 5.24. The number of hydrogen-bond donors (Lipinski definition) is 2. The highest BCUT2D eigenvalue weighted by Gasteiger charge is 2.10. The summed E-state index contributed by atoms with van der Waals surface area (Å²) in [5.41, 5.74) is 5.15. The number of aryl methyl sites for hydroxylation is 1. The van der Waals surface area contributed by atoms with Crippen molar-refractivity contribution in [1.29, 1.82) is 0 Å². The Labute approximate surface area is 121 Å². The molecule has 0 unspecified atom stereocenters. The van der Waals surface area contributed by atoms with E-state index in [1.165, 1.54) is 10.9 Å². The standard InChI is InChI=1S/C18H14N2O/c1-11-4-2-5-12-14(10-19-18(11)12)16-9-8-13-15(20-16)6-3-7-17(13)21/h2-10,19,21H,1H3. The summed E-state index contributed by atoms with van der Waals surface area (Å²) in [6.45, 7) is 2.09. The Hall–Kier alpha value is -2.81. The van der Waals surface area contributed by atoms with Gasteiger partial charge in [0, 0.05) is 28.0 Å². The average Bonchev–Trinajstić information content (AvgIpc) is 2.92. The van der Waals surface area contributed by atoms with Crippen LogP contribution in [0.15, 0.2) is 54.7 Å². The van der Waals surface area contributed by atoms with E-state index in [-0.39, 0.29) is 5.75 Å². The van der Waals surface area contributed by atoms with Crippen molar-refractivity contribution in [3.63, 3.8) is 0 Å². The van der Waals surface area contributed by atoms with Crippen molar-refractivity contribution >= 4 is 21.8 Å². The number of rotatable bonds is 1. The highest BCUT2D eigenvalue weighted by molar-refractivity contribution is 5.97. The van der Waals surface area contributed by atoms with Crippen LogP contribution in [0.25, 0.3) is 33.1 Å². The molecule has 21 heavy (non-hydrogen) atoms. The largest absolute Gasteiger partial charge is 0.507 e. The first-order valence-corrected chi connectivity index (χ1v) is 6.90. The zero-order valence-electron chi connectivity index (χ0n) is 11.6. The van der Waals surface area contributed by atoms with Crippen LogP contribution in [0.4, 0.5) is 0 Å². The minimum Gasteiger partial charge on any atom is -0.507 e. The van der Waals surface area contributed by atoms with Crippen molar-refractivity contribution in [2.24, 2.45) is 0 Å². The molecule has 0 spiro atoms. The maximum Gasteiger partial charge on any atom is 0.124 e. The van der Waals surface area contributed by atoms with E-state index >= 15 is 0 Å². The van der Waals surface area contributed by atoms with Crippen LogP contribution >= 0.6 is 0 Å². The number of pyridine rings is 1. The van der Waals surface area contributed by atoms with E-state index in [0.717, 1.165) is 27.7 Å². The first kappa shape index (κ1) is 12.0. The first-order valence-electron chi connectivity index (χ1n) is 6.90. The third kappa shape index (κ3) is 1.78. The number of phenolic OH excluding ortho intramolecular Hbond substituents is 1. The Bertz CT molecular complexity index is 969. The van der Waals surface area contributed by atoms with E-state index in [1.807, 2.05) is 30.5 Å². The normalized spacial score (nSPS) is 11.3. The molecule has 2 aromatic heterocycles. The number of aromatic nitrogens is 2. The monoisotopic (exact) mass is 274 g/mol. The van der Waals surface area contributed by atoms with Gasteiger partial charge >= 0.3 is 0 Å². The molecule has 0 atom stereocenters. The van der Waals surface area contributed by atoms with Crippen molar-refractivity contribution in [3.05, 3.63) is 60.3 Å². The molecule has 0 bridgehead atoms. The number of aromatic hydroxyl groups is 1. The van der Waals surface area contributed by atoms with Gasteiger partial charge in [-0.1, -0.05) is 24.3 Å². The molecule has 2 aromatic carbocycles. The molecule has 0 aliphatic carbocycles. The summed E-state index contributed by atoms with van der Waals surface area (Å²) < 4.78 is 0. The van der Waals surface area contributed by atoms with Gasteiger partial charge in [0.05, 0.1) is 11.2 Å². The van der Waals surface area contributed by atoms with E-state index in [0.29, 0.717) is 0 Å². The van der Waals surface area contributed by atoms with Crippen molar-refractivity contribution in [1.82, 2.24) is 9.97 Å². The Morgan fingerprint density at radius 1 is 0.952 bits per heavy atom. The molecular formula is C18H14N2O. The van der Waals surface area contributed by atoms with Crippen LogP contribution in [-0.2, 0) is 0 Å². The first-order chi connectivity index (χ1) is 10.2. The molecular weight excluding hydrogens is 260 g/mol. The van der Waals surface area contributed by atoms with E-state index in [9.17, 15) is 5.11 Å². The van der Waals surface area contributed by atoms with Gasteiger partial charge in [-0.3, -0.25) is 0 Å².